The number of ketones is 1. The molecule has 8 heteroatoms. The van der Waals surface area contributed by atoms with Crippen LogP contribution in [-0.2, 0) is 24.7 Å². The predicted molar refractivity (Wildman–Crippen MR) is 140 cm³/mol. The Morgan fingerprint density at radius 2 is 1.68 bits per heavy atom. The molecule has 194 valence electrons. The van der Waals surface area contributed by atoms with E-state index in [-0.39, 0.29) is 23.8 Å². The van der Waals surface area contributed by atoms with E-state index >= 15 is 0 Å². The van der Waals surface area contributed by atoms with Crippen LogP contribution in [0.15, 0.2) is 54.1 Å². The van der Waals surface area contributed by atoms with Crippen molar-refractivity contribution in [2.45, 2.75) is 32.2 Å². The summed E-state index contributed by atoms with van der Waals surface area (Å²) in [7, 11) is 0. The molecule has 0 aliphatic carbocycles. The van der Waals surface area contributed by atoms with Gasteiger partial charge in [-0.3, -0.25) is 19.3 Å². The van der Waals surface area contributed by atoms with Crippen LogP contribution in [0.1, 0.15) is 36.5 Å². The molecular formula is C29H33N3O5. The number of aliphatic hydroxyl groups is 1. The molecular weight excluding hydrogens is 470 g/mol. The third-order valence-corrected chi connectivity index (χ3v) is 7.54. The SMILES string of the molecule is CCCN1C(=O)C2(/C(=C(\O)c3ccc(C)cc3)C(=O)C(=O)N2CCCN2CCOCC2)c2ccccc21. The monoisotopic (exact) mass is 503 g/mol. The van der Waals surface area contributed by atoms with Crippen LogP contribution in [-0.4, -0.2) is 78.4 Å². The number of amides is 2. The highest BCUT2D eigenvalue weighted by Crippen LogP contribution is 2.53. The number of morpholine rings is 1. The van der Waals surface area contributed by atoms with Gasteiger partial charge in [0, 0.05) is 43.9 Å². The molecule has 3 aliphatic rings. The van der Waals surface area contributed by atoms with Gasteiger partial charge in [0.25, 0.3) is 17.6 Å². The third kappa shape index (κ3) is 4.04. The van der Waals surface area contributed by atoms with Gasteiger partial charge in [0.2, 0.25) is 0 Å². The van der Waals surface area contributed by atoms with Crippen molar-refractivity contribution < 1.29 is 24.2 Å². The number of carbonyl (C=O) groups excluding carboxylic acids is 3. The van der Waals surface area contributed by atoms with Gasteiger partial charge in [0.15, 0.2) is 5.54 Å². The van der Waals surface area contributed by atoms with Crippen LogP contribution in [0.5, 0.6) is 0 Å². The lowest BCUT2D eigenvalue weighted by molar-refractivity contribution is -0.143. The maximum atomic E-state index is 14.4. The van der Waals surface area contributed by atoms with Gasteiger partial charge in [0.1, 0.15) is 5.76 Å². The highest BCUT2D eigenvalue weighted by Gasteiger charge is 2.66. The molecule has 2 saturated heterocycles. The standard InChI is InChI=1S/C29H33N3O5/c1-3-13-31-23-8-5-4-7-22(23)29(28(31)36)24(25(33)21-11-9-20(2)10-12-21)26(34)27(35)32(29)15-6-14-30-16-18-37-19-17-30/h4-5,7-12,33H,3,6,13-19H2,1-2H3/b25-24-. The van der Waals surface area contributed by atoms with Gasteiger partial charge in [-0.2, -0.15) is 0 Å². The van der Waals surface area contributed by atoms with E-state index in [0.717, 1.165) is 25.2 Å². The van der Waals surface area contributed by atoms with Crippen LogP contribution in [0.4, 0.5) is 5.69 Å². The highest BCUT2D eigenvalue weighted by molar-refractivity contribution is 6.50. The Labute approximate surface area is 217 Å². The van der Waals surface area contributed by atoms with Gasteiger partial charge in [-0.25, -0.2) is 0 Å². The molecule has 0 saturated carbocycles. The van der Waals surface area contributed by atoms with Crippen LogP contribution in [0, 0.1) is 6.92 Å². The summed E-state index contributed by atoms with van der Waals surface area (Å²) < 4.78 is 5.43. The molecule has 0 bridgehead atoms. The molecule has 1 atom stereocenters. The summed E-state index contributed by atoms with van der Waals surface area (Å²) >= 11 is 0. The number of ether oxygens (including phenoxy) is 1. The number of aliphatic hydroxyl groups excluding tert-OH is 1. The normalized spacial score (nSPS) is 23.4. The van der Waals surface area contributed by atoms with Crippen LogP contribution < -0.4 is 4.90 Å². The zero-order chi connectivity index (χ0) is 26.2. The number of carbonyl (C=O) groups is 3. The molecule has 8 nitrogen and oxygen atoms in total. The minimum absolute atomic E-state index is 0.149. The minimum Gasteiger partial charge on any atom is -0.507 e. The molecule has 2 fully saturated rings. The molecule has 0 aromatic heterocycles. The van der Waals surface area contributed by atoms with E-state index in [4.69, 9.17) is 4.74 Å². The number of anilines is 1. The number of hydrogen-bond acceptors (Lipinski definition) is 6. The van der Waals surface area contributed by atoms with Crippen molar-refractivity contribution in [3.8, 4) is 0 Å². The van der Waals surface area contributed by atoms with Gasteiger partial charge < -0.3 is 19.6 Å². The molecule has 37 heavy (non-hydrogen) atoms. The van der Waals surface area contributed by atoms with E-state index in [1.807, 2.05) is 44.2 Å². The second-order valence-electron chi connectivity index (χ2n) is 9.87. The Bertz CT molecular complexity index is 1250. The number of fused-ring (bicyclic) bond motifs is 2. The van der Waals surface area contributed by atoms with Crippen molar-refractivity contribution in [1.82, 2.24) is 9.80 Å². The zero-order valence-electron chi connectivity index (χ0n) is 21.4. The van der Waals surface area contributed by atoms with Crippen molar-refractivity contribution in [2.24, 2.45) is 0 Å². The molecule has 1 unspecified atom stereocenters. The number of Topliss-reactive ketones (excluding diaryl/α,β-unsaturated/α-hetero) is 1. The molecule has 3 aliphatic heterocycles. The van der Waals surface area contributed by atoms with Gasteiger partial charge in [-0.15, -0.1) is 0 Å². The smallest absolute Gasteiger partial charge is 0.296 e. The lowest BCUT2D eigenvalue weighted by Gasteiger charge is -2.35. The summed E-state index contributed by atoms with van der Waals surface area (Å²) in [5, 5.41) is 11.5. The van der Waals surface area contributed by atoms with Crippen molar-refractivity contribution in [1.29, 1.82) is 0 Å². The quantitative estimate of drug-likeness (QED) is 0.355. The Balaban J connectivity index is 1.64. The van der Waals surface area contributed by atoms with Crippen molar-refractivity contribution in [3.63, 3.8) is 0 Å². The van der Waals surface area contributed by atoms with Gasteiger partial charge in [0.05, 0.1) is 24.5 Å². The van der Waals surface area contributed by atoms with E-state index in [0.29, 0.717) is 49.4 Å². The van der Waals surface area contributed by atoms with Gasteiger partial charge in [-0.05, 0) is 25.8 Å². The number of rotatable bonds is 7. The summed E-state index contributed by atoms with van der Waals surface area (Å²) in [6.07, 6.45) is 1.29. The second-order valence-corrected chi connectivity index (χ2v) is 9.87. The summed E-state index contributed by atoms with van der Waals surface area (Å²) in [4.78, 5) is 46.9. The van der Waals surface area contributed by atoms with E-state index in [1.54, 1.807) is 23.1 Å². The van der Waals surface area contributed by atoms with Crippen LogP contribution in [0.25, 0.3) is 5.76 Å². The van der Waals surface area contributed by atoms with Crippen molar-refractivity contribution in [2.75, 3.05) is 50.8 Å². The molecule has 0 radical (unpaired) electrons. The molecule has 5 rings (SSSR count). The first kappa shape index (κ1) is 25.2. The summed E-state index contributed by atoms with van der Waals surface area (Å²) in [5.74, 6) is -2.27. The lowest BCUT2D eigenvalue weighted by Crippen LogP contribution is -2.52. The van der Waals surface area contributed by atoms with Crippen LogP contribution >= 0.6 is 0 Å². The number of nitrogens with zero attached hydrogens (tertiary/aromatic N) is 3. The van der Waals surface area contributed by atoms with Crippen LogP contribution in [0.3, 0.4) is 0 Å². The van der Waals surface area contributed by atoms with Crippen molar-refractivity contribution in [3.05, 3.63) is 70.8 Å². The summed E-state index contributed by atoms with van der Waals surface area (Å²) in [5.41, 5.74) is 0.780. The van der Waals surface area contributed by atoms with E-state index in [9.17, 15) is 19.5 Å². The summed E-state index contributed by atoms with van der Waals surface area (Å²) in [6.45, 7) is 8.23. The molecule has 3 heterocycles. The Kier molecular flexibility index (Phi) is 6.88. The maximum Gasteiger partial charge on any atom is 0.296 e. The van der Waals surface area contributed by atoms with E-state index in [1.165, 1.54) is 4.90 Å². The number of aryl methyl sites for hydroxylation is 1. The molecule has 2 aromatic rings. The predicted octanol–water partition coefficient (Wildman–Crippen LogP) is 3.05. The number of likely N-dealkylation sites (tertiary alicyclic amines) is 1. The van der Waals surface area contributed by atoms with E-state index < -0.39 is 17.2 Å². The second kappa shape index (κ2) is 10.1. The Morgan fingerprint density at radius 3 is 2.38 bits per heavy atom. The van der Waals surface area contributed by atoms with Gasteiger partial charge >= 0.3 is 0 Å². The first-order valence-corrected chi connectivity index (χ1v) is 13.0. The van der Waals surface area contributed by atoms with Crippen molar-refractivity contribution >= 4 is 29.0 Å². The minimum atomic E-state index is -1.69. The number of hydrogen-bond donors (Lipinski definition) is 1. The lowest BCUT2D eigenvalue weighted by atomic mass is 9.81. The maximum absolute atomic E-state index is 14.4. The largest absolute Gasteiger partial charge is 0.507 e. The van der Waals surface area contributed by atoms with E-state index in [2.05, 4.69) is 4.90 Å². The average Bonchev–Trinajstić information content (AvgIpc) is 3.28. The molecule has 1 spiro atoms. The third-order valence-electron chi connectivity index (χ3n) is 7.54. The summed E-state index contributed by atoms with van der Waals surface area (Å²) in [6, 6.07) is 14.4. The zero-order valence-corrected chi connectivity index (χ0v) is 21.4. The first-order chi connectivity index (χ1) is 17.9. The molecule has 1 N–H and O–H groups in total. The van der Waals surface area contributed by atoms with Crippen LogP contribution in [0.2, 0.25) is 0 Å². The fourth-order valence-corrected chi connectivity index (χ4v) is 5.75. The fraction of sp³-hybridized carbons (Fsp3) is 0.414. The fourth-order valence-electron chi connectivity index (χ4n) is 5.75. The first-order valence-electron chi connectivity index (χ1n) is 13.0. The Hall–Kier alpha value is -3.49. The average molecular weight is 504 g/mol. The van der Waals surface area contributed by atoms with Gasteiger partial charge in [-0.1, -0.05) is 55.0 Å². The number of benzene rings is 2. The highest BCUT2D eigenvalue weighted by atomic mass is 16.5. The molecule has 2 amide bonds. The Morgan fingerprint density at radius 1 is 0.973 bits per heavy atom. The number of para-hydroxylation sites is 1. The molecule has 2 aromatic carbocycles. The topological polar surface area (TPSA) is 90.4 Å².